The average Bonchev–Trinajstić information content (AvgIpc) is 2.31. The third kappa shape index (κ3) is 2.33. The molecule has 0 amide bonds. The molecule has 19 heavy (non-hydrogen) atoms. The SMILES string of the molecule is CC#CCC(NCC)C12CC3CC(CC(C)(C3)C1)C2. The number of rotatable bonds is 4. The van der Waals surface area contributed by atoms with E-state index in [9.17, 15) is 0 Å². The van der Waals surface area contributed by atoms with Crippen LogP contribution in [0, 0.1) is 34.5 Å². The van der Waals surface area contributed by atoms with E-state index in [1.165, 1.54) is 38.5 Å². The molecule has 4 fully saturated rings. The maximum atomic E-state index is 3.79. The summed E-state index contributed by atoms with van der Waals surface area (Å²) in [6, 6.07) is 0.634. The van der Waals surface area contributed by atoms with Crippen LogP contribution in [0.4, 0.5) is 0 Å². The Morgan fingerprint density at radius 3 is 2.42 bits per heavy atom. The van der Waals surface area contributed by atoms with Crippen molar-refractivity contribution in [2.45, 2.75) is 71.8 Å². The Kier molecular flexibility index (Phi) is 3.42. The Balaban J connectivity index is 1.85. The third-order valence-corrected chi connectivity index (χ3v) is 6.07. The molecule has 4 saturated carbocycles. The molecule has 0 aliphatic heterocycles. The van der Waals surface area contributed by atoms with Crippen molar-refractivity contribution < 1.29 is 0 Å². The highest BCUT2D eigenvalue weighted by Crippen LogP contribution is 2.66. The lowest BCUT2D eigenvalue weighted by atomic mass is 9.43. The van der Waals surface area contributed by atoms with E-state index in [1.807, 2.05) is 6.92 Å². The van der Waals surface area contributed by atoms with E-state index in [1.54, 1.807) is 0 Å². The van der Waals surface area contributed by atoms with Crippen molar-refractivity contribution in [1.82, 2.24) is 5.32 Å². The van der Waals surface area contributed by atoms with Gasteiger partial charge < -0.3 is 5.32 Å². The highest BCUT2D eigenvalue weighted by Gasteiger charge is 2.57. The molecule has 1 heteroatoms. The van der Waals surface area contributed by atoms with Gasteiger partial charge in [-0.3, -0.25) is 0 Å². The molecule has 4 aliphatic rings. The Bertz CT molecular complexity index is 386. The Morgan fingerprint density at radius 2 is 1.89 bits per heavy atom. The van der Waals surface area contributed by atoms with E-state index >= 15 is 0 Å². The van der Waals surface area contributed by atoms with Crippen LogP contribution < -0.4 is 5.32 Å². The normalized spacial score (nSPS) is 44.8. The maximum Gasteiger partial charge on any atom is 0.0248 e. The standard InChI is InChI=1S/C18H29N/c1-4-6-7-16(19-5-2)18-11-14-8-15(12-18)10-17(3,9-14)13-18/h14-16,19H,5,7-13H2,1-3H3. The topological polar surface area (TPSA) is 12.0 Å². The van der Waals surface area contributed by atoms with E-state index in [0.717, 1.165) is 24.8 Å². The van der Waals surface area contributed by atoms with Crippen LogP contribution in [0.15, 0.2) is 0 Å². The lowest BCUT2D eigenvalue weighted by molar-refractivity contribution is -0.117. The summed E-state index contributed by atoms with van der Waals surface area (Å²) < 4.78 is 0. The zero-order valence-corrected chi connectivity index (χ0v) is 12.9. The van der Waals surface area contributed by atoms with Crippen molar-refractivity contribution in [3.05, 3.63) is 0 Å². The van der Waals surface area contributed by atoms with Gasteiger partial charge in [0, 0.05) is 12.5 Å². The molecule has 1 N–H and O–H groups in total. The first-order valence-electron chi connectivity index (χ1n) is 8.22. The quantitative estimate of drug-likeness (QED) is 0.753. The van der Waals surface area contributed by atoms with Gasteiger partial charge in [-0.25, -0.2) is 0 Å². The number of nitrogens with one attached hydrogen (secondary N) is 1. The largest absolute Gasteiger partial charge is 0.313 e. The highest BCUT2D eigenvalue weighted by atomic mass is 14.9. The Morgan fingerprint density at radius 1 is 1.21 bits per heavy atom. The van der Waals surface area contributed by atoms with Crippen LogP contribution in [-0.4, -0.2) is 12.6 Å². The van der Waals surface area contributed by atoms with Gasteiger partial charge >= 0.3 is 0 Å². The summed E-state index contributed by atoms with van der Waals surface area (Å²) in [5.74, 6) is 8.50. The Labute approximate surface area is 118 Å². The molecule has 0 saturated heterocycles. The van der Waals surface area contributed by atoms with Gasteiger partial charge in [0.15, 0.2) is 0 Å². The summed E-state index contributed by atoms with van der Waals surface area (Å²) in [5, 5.41) is 3.79. The van der Waals surface area contributed by atoms with E-state index in [4.69, 9.17) is 0 Å². The second-order valence-electron chi connectivity index (χ2n) is 7.88. The van der Waals surface area contributed by atoms with Gasteiger partial charge in [0.05, 0.1) is 0 Å². The van der Waals surface area contributed by atoms with Gasteiger partial charge in [0.1, 0.15) is 0 Å². The van der Waals surface area contributed by atoms with E-state index < -0.39 is 0 Å². The van der Waals surface area contributed by atoms with Gasteiger partial charge in [-0.1, -0.05) is 13.8 Å². The first kappa shape index (κ1) is 13.5. The minimum absolute atomic E-state index is 0.568. The van der Waals surface area contributed by atoms with Gasteiger partial charge in [0.25, 0.3) is 0 Å². The Hall–Kier alpha value is -0.480. The minimum atomic E-state index is 0.568. The summed E-state index contributed by atoms with van der Waals surface area (Å²) in [6.45, 7) is 7.87. The van der Waals surface area contributed by atoms with Crippen molar-refractivity contribution >= 4 is 0 Å². The van der Waals surface area contributed by atoms with Crippen LogP contribution in [0.1, 0.15) is 65.7 Å². The molecule has 3 atom stereocenters. The van der Waals surface area contributed by atoms with Crippen molar-refractivity contribution in [2.24, 2.45) is 22.7 Å². The molecule has 0 spiro atoms. The van der Waals surface area contributed by atoms with Gasteiger partial charge in [-0.05, 0) is 74.7 Å². The van der Waals surface area contributed by atoms with Crippen molar-refractivity contribution in [3.63, 3.8) is 0 Å². The molecule has 0 aromatic carbocycles. The number of hydrogen-bond donors (Lipinski definition) is 1. The van der Waals surface area contributed by atoms with Crippen LogP contribution in [0.3, 0.4) is 0 Å². The van der Waals surface area contributed by atoms with E-state index in [2.05, 4.69) is 31.0 Å². The van der Waals surface area contributed by atoms with E-state index in [-0.39, 0.29) is 0 Å². The third-order valence-electron chi connectivity index (χ3n) is 6.07. The van der Waals surface area contributed by atoms with Crippen LogP contribution >= 0.6 is 0 Å². The fraction of sp³-hybridized carbons (Fsp3) is 0.889. The summed E-state index contributed by atoms with van der Waals surface area (Å²) in [7, 11) is 0. The molecule has 106 valence electrons. The molecule has 0 heterocycles. The van der Waals surface area contributed by atoms with E-state index in [0.29, 0.717) is 16.9 Å². The molecule has 4 aliphatic carbocycles. The molecule has 1 nitrogen and oxygen atoms in total. The number of hydrogen-bond acceptors (Lipinski definition) is 1. The molecule has 0 aromatic rings. The summed E-state index contributed by atoms with van der Waals surface area (Å²) in [6.07, 6.45) is 9.99. The van der Waals surface area contributed by atoms with Crippen LogP contribution in [-0.2, 0) is 0 Å². The molecular weight excluding hydrogens is 230 g/mol. The van der Waals surface area contributed by atoms with Crippen molar-refractivity contribution in [3.8, 4) is 11.8 Å². The maximum absolute atomic E-state index is 3.79. The zero-order chi connectivity index (χ0) is 13.5. The second-order valence-corrected chi connectivity index (χ2v) is 7.88. The zero-order valence-electron chi connectivity index (χ0n) is 12.9. The van der Waals surface area contributed by atoms with Crippen LogP contribution in [0.2, 0.25) is 0 Å². The monoisotopic (exact) mass is 259 g/mol. The molecule has 4 bridgehead atoms. The first-order valence-corrected chi connectivity index (χ1v) is 8.22. The second kappa shape index (κ2) is 4.81. The smallest absolute Gasteiger partial charge is 0.0248 e. The minimum Gasteiger partial charge on any atom is -0.313 e. The van der Waals surface area contributed by atoms with Crippen LogP contribution in [0.25, 0.3) is 0 Å². The van der Waals surface area contributed by atoms with Gasteiger partial charge in [-0.2, -0.15) is 0 Å². The summed E-state index contributed by atoms with van der Waals surface area (Å²) in [5.41, 5.74) is 1.22. The average molecular weight is 259 g/mol. The molecule has 4 rings (SSSR count). The van der Waals surface area contributed by atoms with Crippen molar-refractivity contribution in [2.75, 3.05) is 6.54 Å². The lowest BCUT2D eigenvalue weighted by Crippen LogP contribution is -2.58. The van der Waals surface area contributed by atoms with Crippen LogP contribution in [0.5, 0.6) is 0 Å². The highest BCUT2D eigenvalue weighted by molar-refractivity contribution is 5.12. The predicted octanol–water partition coefficient (Wildman–Crippen LogP) is 3.98. The lowest BCUT2D eigenvalue weighted by Gasteiger charge is -2.63. The summed E-state index contributed by atoms with van der Waals surface area (Å²) in [4.78, 5) is 0. The van der Waals surface area contributed by atoms with Crippen molar-refractivity contribution in [1.29, 1.82) is 0 Å². The molecule has 0 radical (unpaired) electrons. The van der Waals surface area contributed by atoms with Gasteiger partial charge in [0.2, 0.25) is 0 Å². The molecular formula is C18H29N. The molecule has 3 unspecified atom stereocenters. The molecule has 0 aromatic heterocycles. The first-order chi connectivity index (χ1) is 9.09. The summed E-state index contributed by atoms with van der Waals surface area (Å²) >= 11 is 0. The predicted molar refractivity (Wildman–Crippen MR) is 80.8 cm³/mol. The fourth-order valence-electron chi connectivity index (χ4n) is 6.16. The fourth-order valence-corrected chi connectivity index (χ4v) is 6.16. The van der Waals surface area contributed by atoms with Gasteiger partial charge in [-0.15, -0.1) is 11.8 Å².